The zero-order valence-electron chi connectivity index (χ0n) is 37.6. The molecule has 0 unspecified atom stereocenters. The van der Waals surface area contributed by atoms with Crippen molar-refractivity contribution in [1.82, 2.24) is 0 Å². The molecular weight excluding hydrogens is 685 g/mol. The van der Waals surface area contributed by atoms with E-state index < -0.39 is 6.10 Å². The molecule has 0 aliphatic rings. The average molecular weight is 779 g/mol. The van der Waals surface area contributed by atoms with Crippen molar-refractivity contribution in [2.45, 2.75) is 272 Å². The van der Waals surface area contributed by atoms with Crippen LogP contribution in [0.5, 0.6) is 0 Å². The van der Waals surface area contributed by atoms with Crippen LogP contribution in [0, 0.1) is 11.8 Å². The molecule has 0 radical (unpaired) electrons. The summed E-state index contributed by atoms with van der Waals surface area (Å²) in [7, 11) is 0. The molecule has 0 saturated carbocycles. The van der Waals surface area contributed by atoms with Gasteiger partial charge in [-0.25, -0.2) is 0 Å². The van der Waals surface area contributed by atoms with Crippen LogP contribution in [-0.2, 0) is 28.6 Å². The molecule has 0 fully saturated rings. The van der Waals surface area contributed by atoms with Gasteiger partial charge in [-0.2, -0.15) is 0 Å². The first-order valence-electron chi connectivity index (χ1n) is 24.2. The fourth-order valence-corrected chi connectivity index (χ4v) is 7.28. The quantitative estimate of drug-likeness (QED) is 0.0348. The summed E-state index contributed by atoms with van der Waals surface area (Å²) in [5, 5.41) is 0. The van der Waals surface area contributed by atoms with Crippen LogP contribution in [0.4, 0.5) is 0 Å². The summed E-state index contributed by atoms with van der Waals surface area (Å²) in [5.74, 6) is 0.789. The van der Waals surface area contributed by atoms with Crippen molar-refractivity contribution in [2.24, 2.45) is 11.8 Å². The molecule has 1 atom stereocenters. The van der Waals surface area contributed by atoms with Crippen molar-refractivity contribution < 1.29 is 28.6 Å². The summed E-state index contributed by atoms with van der Waals surface area (Å²) in [5.41, 5.74) is 0. The number of hydrogen-bond donors (Lipinski definition) is 0. The second kappa shape index (κ2) is 42.0. The Morgan fingerprint density at radius 3 is 0.891 bits per heavy atom. The molecule has 6 nitrogen and oxygen atoms in total. The van der Waals surface area contributed by atoms with E-state index in [0.29, 0.717) is 19.3 Å². The normalized spacial score (nSPS) is 12.1. The lowest BCUT2D eigenvalue weighted by molar-refractivity contribution is -0.167. The third kappa shape index (κ3) is 43.4. The molecule has 0 saturated heterocycles. The Balaban J connectivity index is 4.32. The number of rotatable bonds is 43. The molecule has 0 N–H and O–H groups in total. The van der Waals surface area contributed by atoms with Crippen LogP contribution in [0.1, 0.15) is 266 Å². The van der Waals surface area contributed by atoms with Gasteiger partial charge in [0.15, 0.2) is 6.10 Å². The van der Waals surface area contributed by atoms with Crippen LogP contribution in [0.2, 0.25) is 0 Å². The number of unbranched alkanes of at least 4 members (excludes halogenated alkanes) is 28. The van der Waals surface area contributed by atoms with E-state index in [1.54, 1.807) is 0 Å². The van der Waals surface area contributed by atoms with Crippen molar-refractivity contribution in [2.75, 3.05) is 13.2 Å². The van der Waals surface area contributed by atoms with E-state index in [1.165, 1.54) is 154 Å². The second-order valence-corrected chi connectivity index (χ2v) is 17.7. The highest BCUT2D eigenvalue weighted by molar-refractivity contribution is 5.71. The number of esters is 3. The fourth-order valence-electron chi connectivity index (χ4n) is 7.28. The molecule has 0 bridgehead atoms. The van der Waals surface area contributed by atoms with Gasteiger partial charge in [-0.05, 0) is 31.1 Å². The van der Waals surface area contributed by atoms with Crippen LogP contribution in [-0.4, -0.2) is 37.2 Å². The smallest absolute Gasteiger partial charge is 0.306 e. The zero-order chi connectivity index (χ0) is 40.5. The lowest BCUT2D eigenvalue weighted by Gasteiger charge is -2.18. The van der Waals surface area contributed by atoms with Crippen molar-refractivity contribution >= 4 is 17.9 Å². The topological polar surface area (TPSA) is 78.9 Å². The molecule has 0 amide bonds. The van der Waals surface area contributed by atoms with E-state index in [4.69, 9.17) is 14.2 Å². The summed E-state index contributed by atoms with van der Waals surface area (Å²) in [4.78, 5) is 37.8. The molecule has 0 aliphatic carbocycles. The van der Waals surface area contributed by atoms with Gasteiger partial charge < -0.3 is 14.2 Å². The lowest BCUT2D eigenvalue weighted by atomic mass is 10.0. The Labute approximate surface area is 342 Å². The van der Waals surface area contributed by atoms with Crippen molar-refractivity contribution in [3.8, 4) is 0 Å². The maximum atomic E-state index is 12.7. The van der Waals surface area contributed by atoms with Crippen LogP contribution < -0.4 is 0 Å². The molecule has 6 heteroatoms. The maximum Gasteiger partial charge on any atom is 0.306 e. The minimum atomic E-state index is -0.760. The lowest BCUT2D eigenvalue weighted by Crippen LogP contribution is -2.30. The standard InChI is InChI=1S/C49H94O6/c1-6-7-8-9-10-11-19-24-29-34-39-47(50)53-42-46(55-49(52)41-36-31-26-21-16-15-18-23-28-33-38-45(4)5)43-54-48(51)40-35-30-25-20-14-12-13-17-22-27-32-37-44(2)3/h44-46H,6-43H2,1-5H3/t46-/m1/s1. The first-order valence-corrected chi connectivity index (χ1v) is 24.2. The van der Waals surface area contributed by atoms with Crippen LogP contribution in [0.3, 0.4) is 0 Å². The predicted octanol–water partition coefficient (Wildman–Crippen LogP) is 15.4. The zero-order valence-corrected chi connectivity index (χ0v) is 37.6. The molecule has 0 aromatic rings. The summed E-state index contributed by atoms with van der Waals surface area (Å²) in [6.45, 7) is 11.3. The molecule has 0 rings (SSSR count). The van der Waals surface area contributed by atoms with Gasteiger partial charge in [0.1, 0.15) is 13.2 Å². The molecule has 0 aromatic carbocycles. The first kappa shape index (κ1) is 53.4. The predicted molar refractivity (Wildman–Crippen MR) is 233 cm³/mol. The SMILES string of the molecule is CCCCCCCCCCCCC(=O)OC[C@H](COC(=O)CCCCCCCCCCCCCC(C)C)OC(=O)CCCCCCCCCCCCC(C)C. The molecule has 326 valence electrons. The largest absolute Gasteiger partial charge is 0.462 e. The minimum Gasteiger partial charge on any atom is -0.462 e. The highest BCUT2D eigenvalue weighted by atomic mass is 16.6. The van der Waals surface area contributed by atoms with Gasteiger partial charge >= 0.3 is 17.9 Å². The van der Waals surface area contributed by atoms with Crippen molar-refractivity contribution in [3.05, 3.63) is 0 Å². The molecule has 0 aliphatic heterocycles. The number of hydrogen-bond acceptors (Lipinski definition) is 6. The molecule has 0 heterocycles. The van der Waals surface area contributed by atoms with Crippen molar-refractivity contribution in [3.63, 3.8) is 0 Å². The maximum absolute atomic E-state index is 12.7. The highest BCUT2D eigenvalue weighted by Gasteiger charge is 2.19. The van der Waals surface area contributed by atoms with Gasteiger partial charge in [-0.1, -0.05) is 227 Å². The number of ether oxygens (including phenoxy) is 3. The van der Waals surface area contributed by atoms with Crippen LogP contribution >= 0.6 is 0 Å². The van der Waals surface area contributed by atoms with Crippen LogP contribution in [0.25, 0.3) is 0 Å². The van der Waals surface area contributed by atoms with Gasteiger partial charge in [0.05, 0.1) is 0 Å². The summed E-state index contributed by atoms with van der Waals surface area (Å²) in [6.07, 6.45) is 40.9. The summed E-state index contributed by atoms with van der Waals surface area (Å²) >= 11 is 0. The van der Waals surface area contributed by atoms with Crippen molar-refractivity contribution in [1.29, 1.82) is 0 Å². The van der Waals surface area contributed by atoms with E-state index in [2.05, 4.69) is 34.6 Å². The van der Waals surface area contributed by atoms with E-state index >= 15 is 0 Å². The monoisotopic (exact) mass is 779 g/mol. The van der Waals surface area contributed by atoms with Gasteiger partial charge in [0.25, 0.3) is 0 Å². The van der Waals surface area contributed by atoms with E-state index in [0.717, 1.165) is 69.6 Å². The van der Waals surface area contributed by atoms with Crippen LogP contribution in [0.15, 0.2) is 0 Å². The van der Waals surface area contributed by atoms with E-state index in [-0.39, 0.29) is 31.1 Å². The van der Waals surface area contributed by atoms with Gasteiger partial charge in [0.2, 0.25) is 0 Å². The second-order valence-electron chi connectivity index (χ2n) is 17.7. The Morgan fingerprint density at radius 1 is 0.345 bits per heavy atom. The average Bonchev–Trinajstić information content (AvgIpc) is 3.15. The van der Waals surface area contributed by atoms with Gasteiger partial charge in [-0.15, -0.1) is 0 Å². The number of carbonyl (C=O) groups excluding carboxylic acids is 3. The van der Waals surface area contributed by atoms with Gasteiger partial charge in [0, 0.05) is 19.3 Å². The first-order chi connectivity index (χ1) is 26.7. The molecular formula is C49H94O6. The summed E-state index contributed by atoms with van der Waals surface area (Å²) in [6, 6.07) is 0. The van der Waals surface area contributed by atoms with E-state index in [1.807, 2.05) is 0 Å². The van der Waals surface area contributed by atoms with E-state index in [9.17, 15) is 14.4 Å². The Kier molecular flexibility index (Phi) is 40.8. The highest BCUT2D eigenvalue weighted by Crippen LogP contribution is 2.17. The number of carbonyl (C=O) groups is 3. The minimum absolute atomic E-state index is 0.0644. The fraction of sp³-hybridized carbons (Fsp3) is 0.939. The van der Waals surface area contributed by atoms with Gasteiger partial charge in [-0.3, -0.25) is 14.4 Å². The Hall–Kier alpha value is -1.59. The third-order valence-corrected chi connectivity index (χ3v) is 11.0. The summed E-state index contributed by atoms with van der Waals surface area (Å²) < 4.78 is 16.7. The Morgan fingerprint density at radius 2 is 0.600 bits per heavy atom. The molecule has 0 aromatic heterocycles. The molecule has 0 spiro atoms. The third-order valence-electron chi connectivity index (χ3n) is 11.0. The molecule has 55 heavy (non-hydrogen) atoms. The Bertz CT molecular complexity index is 839.